The van der Waals surface area contributed by atoms with E-state index in [2.05, 4.69) is 20.5 Å². The molecule has 0 aliphatic carbocycles. The van der Waals surface area contributed by atoms with Gasteiger partial charge in [0.25, 0.3) is 5.56 Å². The summed E-state index contributed by atoms with van der Waals surface area (Å²) >= 11 is 0. The molecule has 0 bridgehead atoms. The molecule has 8 heteroatoms. The summed E-state index contributed by atoms with van der Waals surface area (Å²) < 4.78 is 2.63. The number of carbonyl (C=O) groups excluding carboxylic acids is 1. The van der Waals surface area contributed by atoms with Crippen molar-refractivity contribution in [3.8, 4) is 16.9 Å². The smallest absolute Gasteiger partial charge is 0.344 e. The highest BCUT2D eigenvalue weighted by atomic mass is 16.2. The fourth-order valence-electron chi connectivity index (χ4n) is 2.93. The van der Waals surface area contributed by atoms with Gasteiger partial charge in [0.1, 0.15) is 11.3 Å². The lowest BCUT2D eigenvalue weighted by molar-refractivity contribution is 0.241. The molecular formula is C17H16N6O2. The highest BCUT2D eigenvalue weighted by Gasteiger charge is 2.24. The summed E-state index contributed by atoms with van der Waals surface area (Å²) in [6.07, 6.45) is 1.57. The van der Waals surface area contributed by atoms with E-state index in [-0.39, 0.29) is 11.6 Å². The molecule has 2 aliphatic heterocycles. The normalized spacial score (nSPS) is 11.3. The zero-order chi connectivity index (χ0) is 17.6. The summed E-state index contributed by atoms with van der Waals surface area (Å²) in [7, 11) is 0. The fraction of sp³-hybridized carbons (Fsp3) is 0.176. The van der Waals surface area contributed by atoms with Crippen molar-refractivity contribution in [1.82, 2.24) is 29.9 Å². The minimum absolute atomic E-state index is 0.218. The summed E-state index contributed by atoms with van der Waals surface area (Å²) in [5, 5.41) is 12.2. The molecular weight excluding hydrogens is 320 g/mol. The van der Waals surface area contributed by atoms with Crippen LogP contribution in [0.3, 0.4) is 0 Å². The molecule has 0 saturated heterocycles. The minimum atomic E-state index is -0.332. The quantitative estimate of drug-likeness (QED) is 0.584. The molecule has 25 heavy (non-hydrogen) atoms. The Bertz CT molecular complexity index is 1110. The number of aromatic nitrogens is 5. The Morgan fingerprint density at radius 3 is 2.72 bits per heavy atom. The Morgan fingerprint density at radius 1 is 1.24 bits per heavy atom. The van der Waals surface area contributed by atoms with Gasteiger partial charge in [-0.15, -0.1) is 0 Å². The van der Waals surface area contributed by atoms with Gasteiger partial charge in [0.05, 0.1) is 22.3 Å². The van der Waals surface area contributed by atoms with Crippen LogP contribution in [0.1, 0.15) is 12.6 Å². The van der Waals surface area contributed by atoms with Crippen molar-refractivity contribution >= 4 is 17.1 Å². The van der Waals surface area contributed by atoms with Gasteiger partial charge in [-0.3, -0.25) is 4.79 Å². The lowest BCUT2D eigenvalue weighted by atomic mass is 10.1. The molecule has 1 aromatic carbocycles. The number of carbonyl (C=O) groups is 1. The molecule has 2 aliphatic rings. The summed E-state index contributed by atoms with van der Waals surface area (Å²) in [5.41, 5.74) is 2.58. The molecule has 0 saturated carbocycles. The average molecular weight is 336 g/mol. The molecule has 0 spiro atoms. The fourth-order valence-corrected chi connectivity index (χ4v) is 2.93. The maximum Gasteiger partial charge on any atom is 0.344 e. The second-order valence-electron chi connectivity index (χ2n) is 5.66. The van der Waals surface area contributed by atoms with Crippen LogP contribution in [0.2, 0.25) is 0 Å². The number of nitrogens with one attached hydrogen (secondary N) is 2. The van der Waals surface area contributed by atoms with E-state index in [4.69, 9.17) is 0 Å². The topological polar surface area (TPSA) is 97.6 Å². The number of nitrogens with zero attached hydrogens (tertiary/aromatic N) is 4. The van der Waals surface area contributed by atoms with Crippen LogP contribution in [-0.4, -0.2) is 37.1 Å². The SMILES string of the molecule is CCNC(=O)n1nc(C)c2c3nn(-c4ccccc4)c(=O)c-3c[nH]c21. The lowest BCUT2D eigenvalue weighted by Gasteiger charge is -2.03. The number of H-pyrrole nitrogens is 1. The number of rotatable bonds is 2. The van der Waals surface area contributed by atoms with E-state index < -0.39 is 0 Å². The second kappa shape index (κ2) is 5.59. The van der Waals surface area contributed by atoms with Gasteiger partial charge in [0.2, 0.25) is 0 Å². The van der Waals surface area contributed by atoms with Crippen LogP contribution in [0.25, 0.3) is 28.0 Å². The van der Waals surface area contributed by atoms with Crippen LogP contribution in [0.4, 0.5) is 4.79 Å². The summed E-state index contributed by atoms with van der Waals surface area (Å²) in [5.74, 6) is 0. The van der Waals surface area contributed by atoms with Crippen molar-refractivity contribution < 1.29 is 4.79 Å². The average Bonchev–Trinajstić information content (AvgIpc) is 3.14. The first-order chi connectivity index (χ1) is 12.1. The summed E-state index contributed by atoms with van der Waals surface area (Å²) in [6, 6.07) is 8.88. The van der Waals surface area contributed by atoms with Gasteiger partial charge >= 0.3 is 6.03 Å². The molecule has 1 aromatic heterocycles. The highest BCUT2D eigenvalue weighted by molar-refractivity contribution is 5.97. The molecule has 3 heterocycles. The first-order valence-corrected chi connectivity index (χ1v) is 7.95. The summed E-state index contributed by atoms with van der Waals surface area (Å²) in [6.45, 7) is 4.12. The summed E-state index contributed by atoms with van der Waals surface area (Å²) in [4.78, 5) is 27.9. The van der Waals surface area contributed by atoms with Crippen molar-refractivity contribution in [2.24, 2.45) is 0 Å². The molecule has 0 fully saturated rings. The van der Waals surface area contributed by atoms with Crippen LogP contribution in [-0.2, 0) is 0 Å². The Kier molecular flexibility index (Phi) is 3.38. The molecule has 126 valence electrons. The lowest BCUT2D eigenvalue weighted by Crippen LogP contribution is -2.29. The third kappa shape index (κ3) is 2.22. The van der Waals surface area contributed by atoms with Crippen LogP contribution in [0, 0.1) is 6.92 Å². The third-order valence-corrected chi connectivity index (χ3v) is 4.05. The number of aromatic amines is 1. The molecule has 8 nitrogen and oxygen atoms in total. The number of pyridine rings is 1. The van der Waals surface area contributed by atoms with Gasteiger partial charge in [-0.2, -0.15) is 19.6 Å². The predicted octanol–water partition coefficient (Wildman–Crippen LogP) is 1.90. The van der Waals surface area contributed by atoms with Gasteiger partial charge in [-0.25, -0.2) is 4.79 Å². The highest BCUT2D eigenvalue weighted by Crippen LogP contribution is 2.28. The van der Waals surface area contributed by atoms with E-state index in [1.165, 1.54) is 9.36 Å². The molecule has 0 radical (unpaired) electrons. The maximum atomic E-state index is 12.7. The Labute approximate surface area is 142 Å². The zero-order valence-electron chi connectivity index (χ0n) is 13.8. The first kappa shape index (κ1) is 15.1. The molecule has 0 unspecified atom stereocenters. The third-order valence-electron chi connectivity index (χ3n) is 4.05. The van der Waals surface area contributed by atoms with Crippen LogP contribution in [0.15, 0.2) is 41.3 Å². The van der Waals surface area contributed by atoms with Gasteiger partial charge in [0, 0.05) is 12.7 Å². The van der Waals surface area contributed by atoms with Gasteiger partial charge in [-0.05, 0) is 26.0 Å². The van der Waals surface area contributed by atoms with E-state index in [0.717, 1.165) is 0 Å². The van der Waals surface area contributed by atoms with E-state index >= 15 is 0 Å². The number of hydrogen-bond donors (Lipinski definition) is 2. The number of aryl methyl sites for hydroxylation is 1. The van der Waals surface area contributed by atoms with Crippen molar-refractivity contribution in [1.29, 1.82) is 0 Å². The Morgan fingerprint density at radius 2 is 2.00 bits per heavy atom. The number of para-hydroxylation sites is 1. The number of hydrogen-bond acceptors (Lipinski definition) is 4. The minimum Gasteiger partial charge on any atom is -0.345 e. The van der Waals surface area contributed by atoms with Gasteiger partial charge in [0.15, 0.2) is 0 Å². The van der Waals surface area contributed by atoms with Gasteiger partial charge in [-0.1, -0.05) is 18.2 Å². The molecule has 4 rings (SSSR count). The number of fused-ring (bicyclic) bond motifs is 3. The van der Waals surface area contributed by atoms with Crippen LogP contribution >= 0.6 is 0 Å². The molecule has 1 amide bonds. The van der Waals surface area contributed by atoms with Crippen molar-refractivity contribution in [2.75, 3.05) is 6.54 Å². The first-order valence-electron chi connectivity index (χ1n) is 7.95. The molecule has 0 atom stereocenters. The standard InChI is InChI=1S/C17H16N6O2/c1-3-18-17(25)23-15-13(10(2)20-23)14-12(9-19-15)16(24)22(21-14)11-7-5-4-6-8-11/h4-9,19H,3H2,1-2H3,(H,18,25). The monoisotopic (exact) mass is 336 g/mol. The van der Waals surface area contributed by atoms with E-state index in [1.807, 2.05) is 37.3 Å². The number of benzene rings is 1. The Balaban J connectivity index is 2.00. The number of amides is 1. The van der Waals surface area contributed by atoms with Crippen LogP contribution in [0.5, 0.6) is 0 Å². The van der Waals surface area contributed by atoms with E-state index in [9.17, 15) is 9.59 Å². The van der Waals surface area contributed by atoms with E-state index in [1.54, 1.807) is 13.1 Å². The van der Waals surface area contributed by atoms with Crippen molar-refractivity contribution in [2.45, 2.75) is 13.8 Å². The van der Waals surface area contributed by atoms with Crippen molar-refractivity contribution in [3.63, 3.8) is 0 Å². The molecule has 2 N–H and O–H groups in total. The van der Waals surface area contributed by atoms with Crippen molar-refractivity contribution in [3.05, 3.63) is 52.6 Å². The second-order valence-corrected chi connectivity index (χ2v) is 5.66. The van der Waals surface area contributed by atoms with E-state index in [0.29, 0.717) is 40.2 Å². The van der Waals surface area contributed by atoms with Gasteiger partial charge < -0.3 is 10.3 Å². The zero-order valence-corrected chi connectivity index (χ0v) is 13.8. The van der Waals surface area contributed by atoms with Crippen LogP contribution < -0.4 is 10.9 Å². The predicted molar refractivity (Wildman–Crippen MR) is 93.3 cm³/mol. The largest absolute Gasteiger partial charge is 0.345 e. The maximum absolute atomic E-state index is 12.7. The Hall–Kier alpha value is -3.42. The molecule has 2 aromatic rings.